The van der Waals surface area contributed by atoms with E-state index < -0.39 is 11.9 Å². The van der Waals surface area contributed by atoms with Crippen molar-refractivity contribution >= 4 is 22.7 Å². The Morgan fingerprint density at radius 2 is 1.43 bits per heavy atom. The molecular formula is C22H20O6. The lowest BCUT2D eigenvalue weighted by molar-refractivity contribution is -0.136. The molecule has 3 aromatic carbocycles. The van der Waals surface area contributed by atoms with E-state index in [1.54, 1.807) is 30.3 Å². The summed E-state index contributed by atoms with van der Waals surface area (Å²) in [4.78, 5) is 24.4. The average Bonchev–Trinajstić information content (AvgIpc) is 2.72. The third kappa shape index (κ3) is 4.40. The molecule has 0 aliphatic rings. The normalized spacial score (nSPS) is 10.4. The molecule has 144 valence electrons. The molecule has 0 heterocycles. The molecule has 0 aromatic heterocycles. The van der Waals surface area contributed by atoms with Crippen molar-refractivity contribution in [2.45, 2.75) is 6.92 Å². The molecule has 0 radical (unpaired) electrons. The maximum absolute atomic E-state index is 12.3. The van der Waals surface area contributed by atoms with Crippen LogP contribution in [-0.2, 0) is 9.53 Å². The number of benzene rings is 3. The second-order valence-electron chi connectivity index (χ2n) is 5.83. The van der Waals surface area contributed by atoms with Crippen molar-refractivity contribution in [3.8, 4) is 17.2 Å². The average molecular weight is 380 g/mol. The zero-order chi connectivity index (χ0) is 19.9. The third-order valence-electron chi connectivity index (χ3n) is 3.97. The molecule has 0 spiro atoms. The Bertz CT molecular complexity index is 995. The fraction of sp³-hybridized carbons (Fsp3) is 0.182. The van der Waals surface area contributed by atoms with Crippen LogP contribution in [0, 0.1) is 0 Å². The predicted octanol–water partition coefficient (Wildman–Crippen LogP) is 4.01. The Labute approximate surface area is 162 Å². The van der Waals surface area contributed by atoms with E-state index in [9.17, 15) is 9.59 Å². The lowest BCUT2D eigenvalue weighted by atomic mass is 10.1. The minimum Gasteiger partial charge on any atom is -0.490 e. The standard InChI is InChI=1S/C22H20O6/c1-3-26-18-10-6-7-11-19(18)27-14-21(23)28-20-13-16-9-5-4-8-15(16)12-17(20)22(24)25-2/h4-13H,3,14H2,1-2H3. The van der Waals surface area contributed by atoms with Gasteiger partial charge in [-0.3, -0.25) is 0 Å². The van der Waals surface area contributed by atoms with Gasteiger partial charge in [0.15, 0.2) is 18.1 Å². The van der Waals surface area contributed by atoms with Crippen molar-refractivity contribution in [3.05, 3.63) is 66.2 Å². The Kier molecular flexibility index (Phi) is 6.11. The summed E-state index contributed by atoms with van der Waals surface area (Å²) in [6.45, 7) is 2.00. The van der Waals surface area contributed by atoms with Crippen LogP contribution in [0.4, 0.5) is 0 Å². The molecule has 0 bridgehead atoms. The summed E-state index contributed by atoms with van der Waals surface area (Å²) in [5, 5.41) is 1.67. The maximum Gasteiger partial charge on any atom is 0.349 e. The summed E-state index contributed by atoms with van der Waals surface area (Å²) in [5.74, 6) is -0.133. The van der Waals surface area contributed by atoms with E-state index in [2.05, 4.69) is 0 Å². The van der Waals surface area contributed by atoms with Crippen LogP contribution in [0.25, 0.3) is 10.8 Å². The molecule has 6 heteroatoms. The fourth-order valence-corrected chi connectivity index (χ4v) is 2.71. The molecule has 0 unspecified atom stereocenters. The van der Waals surface area contributed by atoms with Gasteiger partial charge in [0.25, 0.3) is 0 Å². The van der Waals surface area contributed by atoms with Gasteiger partial charge in [0, 0.05) is 0 Å². The number of ether oxygens (including phenoxy) is 4. The summed E-state index contributed by atoms with van der Waals surface area (Å²) in [6.07, 6.45) is 0. The van der Waals surface area contributed by atoms with Crippen LogP contribution in [0.1, 0.15) is 17.3 Å². The van der Waals surface area contributed by atoms with Crippen LogP contribution >= 0.6 is 0 Å². The van der Waals surface area contributed by atoms with Crippen molar-refractivity contribution in [1.29, 1.82) is 0 Å². The highest BCUT2D eigenvalue weighted by Gasteiger charge is 2.18. The minimum atomic E-state index is -0.647. The van der Waals surface area contributed by atoms with Gasteiger partial charge in [0.2, 0.25) is 0 Å². The molecule has 0 atom stereocenters. The number of fused-ring (bicyclic) bond motifs is 1. The molecule has 6 nitrogen and oxygen atoms in total. The van der Waals surface area contributed by atoms with Crippen LogP contribution in [0.2, 0.25) is 0 Å². The fourth-order valence-electron chi connectivity index (χ4n) is 2.71. The Morgan fingerprint density at radius 1 is 0.821 bits per heavy atom. The molecule has 3 aromatic rings. The van der Waals surface area contributed by atoms with Crippen LogP contribution in [0.3, 0.4) is 0 Å². The minimum absolute atomic E-state index is 0.122. The van der Waals surface area contributed by atoms with E-state index in [4.69, 9.17) is 18.9 Å². The van der Waals surface area contributed by atoms with Gasteiger partial charge in [0.1, 0.15) is 11.3 Å². The van der Waals surface area contributed by atoms with Crippen molar-refractivity contribution in [3.63, 3.8) is 0 Å². The topological polar surface area (TPSA) is 71.1 Å². The van der Waals surface area contributed by atoms with Crippen LogP contribution in [0.15, 0.2) is 60.7 Å². The van der Waals surface area contributed by atoms with Gasteiger partial charge in [-0.1, -0.05) is 36.4 Å². The van der Waals surface area contributed by atoms with Gasteiger partial charge in [-0.15, -0.1) is 0 Å². The molecule has 0 aliphatic carbocycles. The van der Waals surface area contributed by atoms with E-state index in [0.29, 0.717) is 18.1 Å². The van der Waals surface area contributed by atoms with E-state index in [1.807, 2.05) is 37.3 Å². The number of methoxy groups -OCH3 is 1. The zero-order valence-corrected chi connectivity index (χ0v) is 15.6. The molecule has 3 rings (SSSR count). The lowest BCUT2D eigenvalue weighted by Gasteiger charge is -2.13. The Balaban J connectivity index is 1.78. The Hall–Kier alpha value is -3.54. The van der Waals surface area contributed by atoms with Crippen molar-refractivity contribution in [2.24, 2.45) is 0 Å². The molecule has 0 saturated carbocycles. The summed E-state index contributed by atoms with van der Waals surface area (Å²) in [7, 11) is 1.27. The molecule has 28 heavy (non-hydrogen) atoms. The number of hydrogen-bond donors (Lipinski definition) is 0. The Morgan fingerprint density at radius 3 is 2.07 bits per heavy atom. The maximum atomic E-state index is 12.3. The predicted molar refractivity (Wildman–Crippen MR) is 104 cm³/mol. The third-order valence-corrected chi connectivity index (χ3v) is 3.97. The molecule has 0 aliphatic heterocycles. The zero-order valence-electron chi connectivity index (χ0n) is 15.6. The second kappa shape index (κ2) is 8.90. The van der Waals surface area contributed by atoms with Gasteiger partial charge in [-0.25, -0.2) is 9.59 Å². The van der Waals surface area contributed by atoms with Crippen molar-refractivity contribution in [1.82, 2.24) is 0 Å². The molecule has 0 saturated heterocycles. The van der Waals surface area contributed by atoms with E-state index in [0.717, 1.165) is 10.8 Å². The number of hydrogen-bond acceptors (Lipinski definition) is 6. The van der Waals surface area contributed by atoms with Crippen LogP contribution in [-0.4, -0.2) is 32.3 Å². The number of para-hydroxylation sites is 2. The van der Waals surface area contributed by atoms with Crippen molar-refractivity contribution < 1.29 is 28.5 Å². The first-order chi connectivity index (χ1) is 13.6. The summed E-state index contributed by atoms with van der Waals surface area (Å²) in [6, 6.07) is 17.8. The van der Waals surface area contributed by atoms with Crippen LogP contribution in [0.5, 0.6) is 17.2 Å². The smallest absolute Gasteiger partial charge is 0.349 e. The summed E-state index contributed by atoms with van der Waals surface area (Å²) >= 11 is 0. The van der Waals surface area contributed by atoms with E-state index >= 15 is 0 Å². The summed E-state index contributed by atoms with van der Waals surface area (Å²) in [5.41, 5.74) is 0.171. The van der Waals surface area contributed by atoms with Crippen LogP contribution < -0.4 is 14.2 Å². The highest BCUT2D eigenvalue weighted by Crippen LogP contribution is 2.28. The number of rotatable bonds is 7. The first-order valence-electron chi connectivity index (χ1n) is 8.78. The first-order valence-corrected chi connectivity index (χ1v) is 8.78. The molecule has 0 amide bonds. The SMILES string of the molecule is CCOc1ccccc1OCC(=O)Oc1cc2ccccc2cc1C(=O)OC. The van der Waals surface area contributed by atoms with Crippen molar-refractivity contribution in [2.75, 3.05) is 20.3 Å². The highest BCUT2D eigenvalue weighted by atomic mass is 16.6. The second-order valence-corrected chi connectivity index (χ2v) is 5.83. The summed E-state index contributed by atoms with van der Waals surface area (Å²) < 4.78 is 21.2. The van der Waals surface area contributed by atoms with E-state index in [-0.39, 0.29) is 17.9 Å². The van der Waals surface area contributed by atoms with Gasteiger partial charge >= 0.3 is 11.9 Å². The van der Waals surface area contributed by atoms with Gasteiger partial charge in [-0.2, -0.15) is 0 Å². The molecule has 0 fully saturated rings. The van der Waals surface area contributed by atoms with Gasteiger partial charge in [-0.05, 0) is 42.0 Å². The van der Waals surface area contributed by atoms with E-state index in [1.165, 1.54) is 7.11 Å². The monoisotopic (exact) mass is 380 g/mol. The molecule has 0 N–H and O–H groups in total. The number of esters is 2. The molecular weight excluding hydrogens is 360 g/mol. The quantitative estimate of drug-likeness (QED) is 0.456. The largest absolute Gasteiger partial charge is 0.490 e. The number of carbonyl (C=O) groups is 2. The first kappa shape index (κ1) is 19.2. The number of carbonyl (C=O) groups excluding carboxylic acids is 2. The lowest BCUT2D eigenvalue weighted by Crippen LogP contribution is -2.19. The van der Waals surface area contributed by atoms with Gasteiger partial charge in [0.05, 0.1) is 13.7 Å². The van der Waals surface area contributed by atoms with Gasteiger partial charge < -0.3 is 18.9 Å². The highest BCUT2D eigenvalue weighted by molar-refractivity contribution is 5.99.